The van der Waals surface area contributed by atoms with Crippen LogP contribution in [0.5, 0.6) is 0 Å². The Morgan fingerprint density at radius 2 is 1.76 bits per heavy atom. The van der Waals surface area contributed by atoms with Crippen molar-refractivity contribution in [3.8, 4) is 0 Å². The number of aliphatic hydroxyl groups is 2. The van der Waals surface area contributed by atoms with Gasteiger partial charge < -0.3 is 15.5 Å². The van der Waals surface area contributed by atoms with E-state index in [0.717, 1.165) is 5.56 Å². The van der Waals surface area contributed by atoms with Crippen LogP contribution in [0.1, 0.15) is 32.4 Å². The lowest BCUT2D eigenvalue weighted by Gasteiger charge is -2.30. The fraction of sp³-hybridized carbons (Fsp3) is 0.538. The molecule has 2 unspecified atom stereocenters. The van der Waals surface area contributed by atoms with Gasteiger partial charge in [0.05, 0.1) is 12.2 Å². The average Bonchev–Trinajstić information content (AvgIpc) is 2.27. The molecular formula is C13H20ClNO2. The molecule has 0 saturated carbocycles. The Labute approximate surface area is 107 Å². The van der Waals surface area contributed by atoms with E-state index in [2.05, 4.69) is 5.32 Å². The summed E-state index contributed by atoms with van der Waals surface area (Å²) < 4.78 is 0. The summed E-state index contributed by atoms with van der Waals surface area (Å²) in [5, 5.41) is 23.3. The molecule has 0 aliphatic heterocycles. The molecule has 0 aliphatic rings. The van der Waals surface area contributed by atoms with Gasteiger partial charge in [0.25, 0.3) is 0 Å². The number of benzene rings is 1. The molecule has 1 aromatic rings. The molecule has 2 atom stereocenters. The van der Waals surface area contributed by atoms with Gasteiger partial charge >= 0.3 is 0 Å². The van der Waals surface area contributed by atoms with Crippen molar-refractivity contribution in [1.82, 2.24) is 5.32 Å². The van der Waals surface area contributed by atoms with Crippen molar-refractivity contribution in [1.29, 1.82) is 0 Å². The Hall–Kier alpha value is -0.610. The fourth-order valence-corrected chi connectivity index (χ4v) is 1.44. The molecule has 96 valence electrons. The van der Waals surface area contributed by atoms with Gasteiger partial charge in [-0.25, -0.2) is 0 Å². The van der Waals surface area contributed by atoms with Crippen LogP contribution in [0.2, 0.25) is 5.02 Å². The summed E-state index contributed by atoms with van der Waals surface area (Å²) in [6.45, 7) is 5.90. The zero-order valence-electron chi connectivity index (χ0n) is 10.4. The Balaban J connectivity index is 2.55. The average molecular weight is 258 g/mol. The van der Waals surface area contributed by atoms with Crippen LogP contribution in [-0.4, -0.2) is 28.4 Å². The number of β-amino-alcohol motifs (C(OH)–C–C–N with tert-alkyl or cyclic N) is 1. The van der Waals surface area contributed by atoms with Gasteiger partial charge in [0, 0.05) is 17.1 Å². The van der Waals surface area contributed by atoms with Gasteiger partial charge in [0.15, 0.2) is 0 Å². The minimum absolute atomic E-state index is 0.388. The maximum atomic E-state index is 9.97. The summed E-state index contributed by atoms with van der Waals surface area (Å²) in [6, 6.07) is 7.09. The topological polar surface area (TPSA) is 52.5 Å². The maximum absolute atomic E-state index is 9.97. The lowest BCUT2D eigenvalue weighted by atomic mass is 9.98. The lowest BCUT2D eigenvalue weighted by Crippen LogP contribution is -2.49. The van der Waals surface area contributed by atoms with Crippen LogP contribution in [0.3, 0.4) is 0 Å². The first-order chi connectivity index (χ1) is 7.83. The van der Waals surface area contributed by atoms with E-state index in [9.17, 15) is 10.2 Å². The van der Waals surface area contributed by atoms with Gasteiger partial charge in [-0.1, -0.05) is 23.7 Å². The lowest BCUT2D eigenvalue weighted by molar-refractivity contribution is 0.0804. The van der Waals surface area contributed by atoms with E-state index in [1.807, 2.05) is 13.8 Å². The van der Waals surface area contributed by atoms with Crippen molar-refractivity contribution in [3.05, 3.63) is 34.9 Å². The first kappa shape index (κ1) is 14.5. The molecular weight excluding hydrogens is 238 g/mol. The van der Waals surface area contributed by atoms with E-state index < -0.39 is 17.7 Å². The number of rotatable bonds is 5. The summed E-state index contributed by atoms with van der Waals surface area (Å²) in [4.78, 5) is 0. The quantitative estimate of drug-likeness (QED) is 0.757. The molecule has 17 heavy (non-hydrogen) atoms. The van der Waals surface area contributed by atoms with Crippen LogP contribution in [0, 0.1) is 0 Å². The minimum Gasteiger partial charge on any atom is -0.392 e. The number of halogens is 1. The van der Waals surface area contributed by atoms with Gasteiger partial charge in [-0.3, -0.25) is 0 Å². The molecule has 3 N–H and O–H groups in total. The first-order valence-corrected chi connectivity index (χ1v) is 6.07. The third-order valence-electron chi connectivity index (χ3n) is 3.05. The Kier molecular flexibility index (Phi) is 4.95. The van der Waals surface area contributed by atoms with Crippen LogP contribution in [0.25, 0.3) is 0 Å². The Bertz CT molecular complexity index is 349. The number of hydrogen-bond donors (Lipinski definition) is 3. The van der Waals surface area contributed by atoms with Gasteiger partial charge in [-0.15, -0.1) is 0 Å². The first-order valence-electron chi connectivity index (χ1n) is 5.69. The normalized spacial score (nSPS) is 15.6. The van der Waals surface area contributed by atoms with Crippen molar-refractivity contribution >= 4 is 11.6 Å². The molecule has 0 saturated heterocycles. The van der Waals surface area contributed by atoms with E-state index in [4.69, 9.17) is 11.6 Å². The Morgan fingerprint density at radius 3 is 2.24 bits per heavy atom. The van der Waals surface area contributed by atoms with Gasteiger partial charge in [0.1, 0.15) is 0 Å². The zero-order chi connectivity index (χ0) is 13.1. The SMILES string of the molecule is CC(O)C(C)(C)NCC(O)c1ccc(Cl)cc1. The van der Waals surface area contributed by atoms with Gasteiger partial charge in [0.2, 0.25) is 0 Å². The summed E-state index contributed by atoms with van der Waals surface area (Å²) in [5.41, 5.74) is 0.385. The van der Waals surface area contributed by atoms with E-state index in [1.54, 1.807) is 31.2 Å². The van der Waals surface area contributed by atoms with Gasteiger partial charge in [-0.05, 0) is 38.5 Å². The van der Waals surface area contributed by atoms with Crippen LogP contribution in [0.4, 0.5) is 0 Å². The summed E-state index contributed by atoms with van der Waals surface area (Å²) in [7, 11) is 0. The van der Waals surface area contributed by atoms with Gasteiger partial charge in [-0.2, -0.15) is 0 Å². The van der Waals surface area contributed by atoms with Crippen molar-refractivity contribution < 1.29 is 10.2 Å². The highest BCUT2D eigenvalue weighted by Crippen LogP contribution is 2.17. The highest BCUT2D eigenvalue weighted by atomic mass is 35.5. The predicted octanol–water partition coefficient (Wildman–Crippen LogP) is 2.12. The zero-order valence-corrected chi connectivity index (χ0v) is 11.2. The third kappa shape index (κ3) is 4.28. The summed E-state index contributed by atoms with van der Waals surface area (Å²) in [6.07, 6.45) is -1.09. The molecule has 0 heterocycles. The molecule has 0 radical (unpaired) electrons. The van der Waals surface area contributed by atoms with Crippen molar-refractivity contribution in [3.63, 3.8) is 0 Å². The molecule has 0 bridgehead atoms. The minimum atomic E-state index is -0.606. The highest BCUT2D eigenvalue weighted by molar-refractivity contribution is 6.30. The second-order valence-electron chi connectivity index (χ2n) is 4.85. The molecule has 1 aromatic carbocycles. The molecule has 4 heteroatoms. The smallest absolute Gasteiger partial charge is 0.0914 e. The van der Waals surface area contributed by atoms with E-state index >= 15 is 0 Å². The molecule has 0 aliphatic carbocycles. The molecule has 3 nitrogen and oxygen atoms in total. The highest BCUT2D eigenvalue weighted by Gasteiger charge is 2.24. The number of nitrogens with one attached hydrogen (secondary N) is 1. The monoisotopic (exact) mass is 257 g/mol. The van der Waals surface area contributed by atoms with Crippen molar-refractivity contribution in [2.45, 2.75) is 38.5 Å². The van der Waals surface area contributed by atoms with E-state index in [1.165, 1.54) is 0 Å². The largest absolute Gasteiger partial charge is 0.392 e. The molecule has 1 rings (SSSR count). The number of aliphatic hydroxyl groups excluding tert-OH is 2. The summed E-state index contributed by atoms with van der Waals surface area (Å²) >= 11 is 5.78. The van der Waals surface area contributed by atoms with Crippen LogP contribution >= 0.6 is 11.6 Å². The summed E-state index contributed by atoms with van der Waals surface area (Å²) in [5.74, 6) is 0. The van der Waals surface area contributed by atoms with Crippen LogP contribution in [0.15, 0.2) is 24.3 Å². The van der Waals surface area contributed by atoms with E-state index in [0.29, 0.717) is 11.6 Å². The second kappa shape index (κ2) is 5.83. The third-order valence-corrected chi connectivity index (χ3v) is 3.30. The molecule has 0 spiro atoms. The molecule has 0 amide bonds. The fourth-order valence-electron chi connectivity index (χ4n) is 1.31. The van der Waals surface area contributed by atoms with Crippen LogP contribution in [-0.2, 0) is 0 Å². The van der Waals surface area contributed by atoms with Crippen LogP contribution < -0.4 is 5.32 Å². The predicted molar refractivity (Wildman–Crippen MR) is 70.2 cm³/mol. The Morgan fingerprint density at radius 1 is 1.24 bits per heavy atom. The molecule has 0 aromatic heterocycles. The van der Waals surface area contributed by atoms with E-state index in [-0.39, 0.29) is 0 Å². The maximum Gasteiger partial charge on any atom is 0.0914 e. The van der Waals surface area contributed by atoms with Crippen molar-refractivity contribution in [2.24, 2.45) is 0 Å². The van der Waals surface area contributed by atoms with Crippen molar-refractivity contribution in [2.75, 3.05) is 6.54 Å². The standard InChI is InChI=1S/C13H20ClNO2/c1-9(16)13(2,3)15-8-12(17)10-4-6-11(14)7-5-10/h4-7,9,12,15-17H,8H2,1-3H3. The molecule has 0 fully saturated rings. The second-order valence-corrected chi connectivity index (χ2v) is 5.28. The number of hydrogen-bond acceptors (Lipinski definition) is 3.